The van der Waals surface area contributed by atoms with E-state index in [1.54, 1.807) is 0 Å². The lowest BCUT2D eigenvalue weighted by molar-refractivity contribution is -0.129. The van der Waals surface area contributed by atoms with E-state index >= 15 is 0 Å². The van der Waals surface area contributed by atoms with Crippen LogP contribution in [0.5, 0.6) is 0 Å². The maximum atomic E-state index is 12.2. The van der Waals surface area contributed by atoms with Crippen LogP contribution in [0.2, 0.25) is 0 Å². The molecule has 2 N–H and O–H groups in total. The number of carbonyl (C=O) groups excluding carboxylic acids is 1. The van der Waals surface area contributed by atoms with Gasteiger partial charge in [-0.2, -0.15) is 0 Å². The molecule has 0 heterocycles. The Bertz CT molecular complexity index is 353. The van der Waals surface area contributed by atoms with E-state index in [9.17, 15) is 4.79 Å². The zero-order valence-corrected chi connectivity index (χ0v) is 12.5. The van der Waals surface area contributed by atoms with Crippen LogP contribution in [0.1, 0.15) is 57.8 Å². The van der Waals surface area contributed by atoms with Gasteiger partial charge in [0.2, 0.25) is 5.91 Å². The predicted molar refractivity (Wildman–Crippen MR) is 79.3 cm³/mol. The molecule has 5 fully saturated rings. The number of amides is 1. The van der Waals surface area contributed by atoms with Crippen molar-refractivity contribution >= 4 is 5.91 Å². The van der Waals surface area contributed by atoms with Gasteiger partial charge >= 0.3 is 0 Å². The van der Waals surface area contributed by atoms with Crippen LogP contribution >= 0.6 is 0 Å². The lowest BCUT2D eigenvalue weighted by Crippen LogP contribution is -2.48. The molecule has 0 unspecified atom stereocenters. The Balaban J connectivity index is 1.26. The van der Waals surface area contributed by atoms with Crippen molar-refractivity contribution in [3.63, 3.8) is 0 Å². The van der Waals surface area contributed by atoms with Crippen molar-refractivity contribution < 1.29 is 4.79 Å². The molecule has 1 amide bonds. The van der Waals surface area contributed by atoms with Gasteiger partial charge < -0.3 is 10.6 Å². The average molecular weight is 276 g/mol. The topological polar surface area (TPSA) is 41.1 Å². The number of nitrogens with one attached hydrogen (secondary N) is 2. The summed E-state index contributed by atoms with van der Waals surface area (Å²) in [6.45, 7) is 1.75. The van der Waals surface area contributed by atoms with E-state index in [1.807, 2.05) is 0 Å². The van der Waals surface area contributed by atoms with Crippen LogP contribution in [0.15, 0.2) is 0 Å². The summed E-state index contributed by atoms with van der Waals surface area (Å²) in [6, 6.07) is 0.745. The predicted octanol–water partition coefficient (Wildman–Crippen LogP) is 2.46. The Hall–Kier alpha value is -0.570. The standard InChI is InChI=1S/C17H28N2O/c20-16(19-4-3-18-15-1-2-15)11-17-8-12-5-13(9-17)7-14(6-12)10-17/h12-15,18H,1-11H2,(H,19,20). The van der Waals surface area contributed by atoms with Gasteiger partial charge in [-0.25, -0.2) is 0 Å². The molecule has 0 aromatic carbocycles. The zero-order chi connectivity index (χ0) is 13.6. The molecule has 5 saturated carbocycles. The maximum Gasteiger partial charge on any atom is 0.220 e. The third-order valence-corrected chi connectivity index (χ3v) is 6.16. The van der Waals surface area contributed by atoms with Gasteiger partial charge in [-0.15, -0.1) is 0 Å². The molecule has 3 heteroatoms. The molecule has 0 aromatic rings. The highest BCUT2D eigenvalue weighted by atomic mass is 16.1. The Kier molecular flexibility index (Phi) is 3.29. The Labute approximate surface area is 122 Å². The van der Waals surface area contributed by atoms with Crippen LogP contribution in [-0.2, 0) is 4.79 Å². The monoisotopic (exact) mass is 276 g/mol. The minimum Gasteiger partial charge on any atom is -0.355 e. The zero-order valence-electron chi connectivity index (χ0n) is 12.5. The van der Waals surface area contributed by atoms with E-state index in [2.05, 4.69) is 10.6 Å². The third-order valence-electron chi connectivity index (χ3n) is 6.16. The number of rotatable bonds is 6. The van der Waals surface area contributed by atoms with Gasteiger partial charge in [-0.1, -0.05) is 0 Å². The summed E-state index contributed by atoms with van der Waals surface area (Å²) in [5, 5.41) is 6.60. The highest BCUT2D eigenvalue weighted by Gasteiger charge is 2.51. The molecule has 3 nitrogen and oxygen atoms in total. The molecule has 20 heavy (non-hydrogen) atoms. The van der Waals surface area contributed by atoms with Crippen LogP contribution in [0.25, 0.3) is 0 Å². The van der Waals surface area contributed by atoms with Crippen LogP contribution in [0, 0.1) is 23.2 Å². The summed E-state index contributed by atoms with van der Waals surface area (Å²) >= 11 is 0. The van der Waals surface area contributed by atoms with Crippen LogP contribution < -0.4 is 10.6 Å². The summed E-state index contributed by atoms with van der Waals surface area (Å²) in [7, 11) is 0. The fourth-order valence-corrected chi connectivity index (χ4v) is 5.68. The number of hydrogen-bond donors (Lipinski definition) is 2. The molecule has 4 bridgehead atoms. The second-order valence-electron chi connectivity index (χ2n) is 8.17. The van der Waals surface area contributed by atoms with Gasteiger partial charge in [0, 0.05) is 25.6 Å². The normalized spacial score (nSPS) is 41.9. The van der Waals surface area contributed by atoms with Crippen LogP contribution in [0.4, 0.5) is 0 Å². The quantitative estimate of drug-likeness (QED) is 0.732. The molecule has 0 atom stereocenters. The van der Waals surface area contributed by atoms with E-state index in [4.69, 9.17) is 0 Å². The summed E-state index contributed by atoms with van der Waals surface area (Å²) in [5.41, 5.74) is 0.392. The fourth-order valence-electron chi connectivity index (χ4n) is 5.68. The first-order valence-corrected chi connectivity index (χ1v) is 8.71. The Morgan fingerprint density at radius 1 is 0.950 bits per heavy atom. The van der Waals surface area contributed by atoms with Gasteiger partial charge in [-0.3, -0.25) is 4.79 Å². The highest BCUT2D eigenvalue weighted by molar-refractivity contribution is 5.76. The molecule has 0 radical (unpaired) electrons. The molecule has 5 aliphatic carbocycles. The molecule has 0 aromatic heterocycles. The second-order valence-corrected chi connectivity index (χ2v) is 8.17. The minimum absolute atomic E-state index is 0.310. The van der Waals surface area contributed by atoms with E-state index in [0.717, 1.165) is 43.3 Å². The van der Waals surface area contributed by atoms with Crippen LogP contribution in [0.3, 0.4) is 0 Å². The fraction of sp³-hybridized carbons (Fsp3) is 0.941. The average Bonchev–Trinajstić information content (AvgIpc) is 3.16. The van der Waals surface area contributed by atoms with Gasteiger partial charge in [0.1, 0.15) is 0 Å². The summed E-state index contributed by atoms with van der Waals surface area (Å²) in [6.07, 6.45) is 11.9. The highest BCUT2D eigenvalue weighted by Crippen LogP contribution is 2.61. The van der Waals surface area contributed by atoms with Crippen molar-refractivity contribution in [2.75, 3.05) is 13.1 Å². The lowest BCUT2D eigenvalue weighted by Gasteiger charge is -2.56. The minimum atomic E-state index is 0.310. The molecule has 0 aliphatic heterocycles. The molecule has 112 valence electrons. The number of carbonyl (C=O) groups is 1. The SMILES string of the molecule is O=C(CC12CC3CC(CC(C3)C1)C2)NCCNC1CC1. The summed E-state index contributed by atoms with van der Waals surface area (Å²) < 4.78 is 0. The molecular formula is C17H28N2O. The van der Waals surface area contributed by atoms with Crippen molar-refractivity contribution in [3.8, 4) is 0 Å². The van der Waals surface area contributed by atoms with E-state index in [-0.39, 0.29) is 0 Å². The van der Waals surface area contributed by atoms with Crippen molar-refractivity contribution in [1.29, 1.82) is 0 Å². The molecule has 5 rings (SSSR count). The van der Waals surface area contributed by atoms with E-state index < -0.39 is 0 Å². The summed E-state index contributed by atoms with van der Waals surface area (Å²) in [4.78, 5) is 12.2. The third kappa shape index (κ3) is 2.74. The van der Waals surface area contributed by atoms with E-state index in [0.29, 0.717) is 11.3 Å². The Morgan fingerprint density at radius 3 is 2.10 bits per heavy atom. The molecule has 0 saturated heterocycles. The van der Waals surface area contributed by atoms with Gasteiger partial charge in [0.05, 0.1) is 0 Å². The molecule has 0 spiro atoms. The Morgan fingerprint density at radius 2 is 1.55 bits per heavy atom. The van der Waals surface area contributed by atoms with Gasteiger partial charge in [0.25, 0.3) is 0 Å². The van der Waals surface area contributed by atoms with Crippen molar-refractivity contribution in [1.82, 2.24) is 10.6 Å². The van der Waals surface area contributed by atoms with Crippen molar-refractivity contribution in [3.05, 3.63) is 0 Å². The largest absolute Gasteiger partial charge is 0.355 e. The van der Waals surface area contributed by atoms with Gasteiger partial charge in [0.15, 0.2) is 0 Å². The first kappa shape index (κ1) is 13.1. The van der Waals surface area contributed by atoms with Crippen molar-refractivity contribution in [2.24, 2.45) is 23.2 Å². The maximum absolute atomic E-state index is 12.2. The second kappa shape index (κ2) is 5.01. The summed E-state index contributed by atoms with van der Waals surface area (Å²) in [5.74, 6) is 3.16. The smallest absolute Gasteiger partial charge is 0.220 e. The van der Waals surface area contributed by atoms with Crippen molar-refractivity contribution in [2.45, 2.75) is 63.8 Å². The number of hydrogen-bond acceptors (Lipinski definition) is 2. The molecule has 5 aliphatic rings. The first-order valence-electron chi connectivity index (χ1n) is 8.71. The van der Waals surface area contributed by atoms with E-state index in [1.165, 1.54) is 51.4 Å². The first-order chi connectivity index (χ1) is 9.71. The molecular weight excluding hydrogens is 248 g/mol. The van der Waals surface area contributed by atoms with Gasteiger partial charge in [-0.05, 0) is 74.5 Å². The van der Waals surface area contributed by atoms with Crippen LogP contribution in [-0.4, -0.2) is 25.0 Å². The lowest BCUT2D eigenvalue weighted by atomic mass is 9.49.